The Kier molecular flexibility index (Phi) is 7.22. The van der Waals surface area contributed by atoms with Gasteiger partial charge in [-0.05, 0) is 39.2 Å². The first-order valence-electron chi connectivity index (χ1n) is 9.50. The molecule has 0 N–H and O–H groups in total. The minimum Gasteiger partial charge on any atom is -0.492 e. The molecule has 0 fully saturated rings. The topological polar surface area (TPSA) is 61.8 Å². The lowest BCUT2D eigenvalue weighted by Gasteiger charge is -2.09. The van der Waals surface area contributed by atoms with E-state index in [9.17, 15) is 9.59 Å². The summed E-state index contributed by atoms with van der Waals surface area (Å²) < 4.78 is 16.5. The number of hydrogen-bond acceptors (Lipinski definition) is 5. The lowest BCUT2D eigenvalue weighted by Crippen LogP contribution is -2.10. The molecule has 0 saturated carbocycles. The number of carbonyl (C=O) groups is 2. The van der Waals surface area contributed by atoms with Crippen molar-refractivity contribution in [3.8, 4) is 16.9 Å². The maximum atomic E-state index is 12.8. The van der Waals surface area contributed by atoms with E-state index in [0.29, 0.717) is 54.9 Å². The highest BCUT2D eigenvalue weighted by atomic mass is 16.5. The van der Waals surface area contributed by atoms with Gasteiger partial charge in [0.15, 0.2) is 0 Å². The Hall–Kier alpha value is -2.56. The Morgan fingerprint density at radius 1 is 0.889 bits per heavy atom. The van der Waals surface area contributed by atoms with E-state index in [1.807, 2.05) is 52.8 Å². The molecule has 0 bridgehead atoms. The third kappa shape index (κ3) is 4.41. The van der Waals surface area contributed by atoms with Crippen LogP contribution in [0.25, 0.3) is 11.1 Å². The average molecular weight is 372 g/mol. The third-order valence-electron chi connectivity index (χ3n) is 4.17. The van der Waals surface area contributed by atoms with Crippen LogP contribution in [0.2, 0.25) is 0 Å². The quantitative estimate of drug-likeness (QED) is 0.614. The van der Waals surface area contributed by atoms with Crippen LogP contribution >= 0.6 is 0 Å². The zero-order chi connectivity index (χ0) is 20.0. The van der Waals surface area contributed by atoms with Gasteiger partial charge in [0.1, 0.15) is 16.9 Å². The number of fused-ring (bicyclic) bond motifs is 1. The predicted octanol–water partition coefficient (Wildman–Crippen LogP) is 4.94. The molecule has 0 unspecified atom stereocenters. The second-order valence-corrected chi connectivity index (χ2v) is 6.48. The Morgan fingerprint density at radius 3 is 2.04 bits per heavy atom. The fourth-order valence-electron chi connectivity index (χ4n) is 3.09. The lowest BCUT2D eigenvalue weighted by molar-refractivity contribution is 0.0500. The summed E-state index contributed by atoms with van der Waals surface area (Å²) in [5, 5.41) is 0. The molecule has 0 amide bonds. The first-order chi connectivity index (χ1) is 13.0. The number of esters is 2. The van der Waals surface area contributed by atoms with E-state index < -0.39 is 11.9 Å². The number of hydrogen-bond donors (Lipinski definition) is 0. The van der Waals surface area contributed by atoms with Crippen LogP contribution in [-0.4, -0.2) is 31.8 Å². The number of rotatable bonds is 8. The summed E-state index contributed by atoms with van der Waals surface area (Å²) in [6, 6.07) is 5.75. The van der Waals surface area contributed by atoms with Crippen LogP contribution in [0.5, 0.6) is 5.75 Å². The van der Waals surface area contributed by atoms with Crippen molar-refractivity contribution in [2.24, 2.45) is 0 Å². The van der Waals surface area contributed by atoms with E-state index in [4.69, 9.17) is 14.2 Å². The van der Waals surface area contributed by atoms with Crippen LogP contribution < -0.4 is 4.74 Å². The minimum absolute atomic E-state index is 0.252. The molecule has 2 aliphatic rings. The van der Waals surface area contributed by atoms with Gasteiger partial charge in [0, 0.05) is 11.1 Å². The van der Waals surface area contributed by atoms with Crippen molar-refractivity contribution < 1.29 is 23.8 Å². The number of ether oxygens (including phenoxy) is 3. The summed E-state index contributed by atoms with van der Waals surface area (Å²) in [6.45, 7) is 10.5. The Morgan fingerprint density at radius 2 is 1.48 bits per heavy atom. The Balaban J connectivity index is 2.78. The van der Waals surface area contributed by atoms with Crippen molar-refractivity contribution in [3.05, 3.63) is 40.5 Å². The molecule has 0 radical (unpaired) electrons. The van der Waals surface area contributed by atoms with Gasteiger partial charge < -0.3 is 14.2 Å². The predicted molar refractivity (Wildman–Crippen MR) is 105 cm³/mol. The zero-order valence-corrected chi connectivity index (χ0v) is 16.8. The highest BCUT2D eigenvalue weighted by Crippen LogP contribution is 2.44. The maximum Gasteiger partial charge on any atom is 0.342 e. The summed E-state index contributed by atoms with van der Waals surface area (Å²) in [6.07, 6.45) is 1.43. The molecule has 5 heteroatoms. The van der Waals surface area contributed by atoms with Gasteiger partial charge in [-0.25, -0.2) is 9.59 Å². The van der Waals surface area contributed by atoms with Gasteiger partial charge in [-0.3, -0.25) is 0 Å². The number of aryl methyl sites for hydroxylation is 2. The monoisotopic (exact) mass is 372 g/mol. The van der Waals surface area contributed by atoms with Crippen LogP contribution in [0.3, 0.4) is 0 Å². The van der Waals surface area contributed by atoms with Crippen molar-refractivity contribution in [1.29, 1.82) is 0 Å². The molecular formula is C22H28O5. The fourth-order valence-corrected chi connectivity index (χ4v) is 3.09. The van der Waals surface area contributed by atoms with Crippen LogP contribution in [0.4, 0.5) is 0 Å². The van der Waals surface area contributed by atoms with Gasteiger partial charge in [0.25, 0.3) is 0 Å². The van der Waals surface area contributed by atoms with Crippen molar-refractivity contribution >= 4 is 11.9 Å². The molecule has 5 nitrogen and oxygen atoms in total. The van der Waals surface area contributed by atoms with Gasteiger partial charge in [0.2, 0.25) is 0 Å². The van der Waals surface area contributed by atoms with Gasteiger partial charge in [-0.2, -0.15) is 0 Å². The van der Waals surface area contributed by atoms with E-state index in [0.717, 1.165) is 11.1 Å². The largest absolute Gasteiger partial charge is 0.492 e. The zero-order valence-electron chi connectivity index (χ0n) is 16.8. The molecule has 0 aromatic heterocycles. The van der Waals surface area contributed by atoms with E-state index in [2.05, 4.69) is 0 Å². The summed E-state index contributed by atoms with van der Waals surface area (Å²) in [5.74, 6) is -0.712. The molecular weight excluding hydrogens is 344 g/mol. The smallest absolute Gasteiger partial charge is 0.342 e. The van der Waals surface area contributed by atoms with Crippen molar-refractivity contribution in [2.45, 2.75) is 47.5 Å². The van der Waals surface area contributed by atoms with Gasteiger partial charge >= 0.3 is 11.9 Å². The van der Waals surface area contributed by atoms with E-state index >= 15 is 0 Å². The molecule has 0 aromatic carbocycles. The first kappa shape index (κ1) is 20.7. The van der Waals surface area contributed by atoms with Crippen LogP contribution in [0.15, 0.2) is 18.2 Å². The molecule has 27 heavy (non-hydrogen) atoms. The second-order valence-electron chi connectivity index (χ2n) is 6.48. The third-order valence-corrected chi connectivity index (χ3v) is 4.17. The summed E-state index contributed by atoms with van der Waals surface area (Å²) in [7, 11) is 0. The van der Waals surface area contributed by atoms with Crippen LogP contribution in [-0.2, 0) is 9.47 Å². The molecule has 0 atom stereocenters. The van der Waals surface area contributed by atoms with Crippen LogP contribution in [0, 0.1) is 13.8 Å². The molecule has 0 saturated heterocycles. The fraction of sp³-hybridized carbons (Fsp3) is 0.455. The molecule has 0 aliphatic heterocycles. The molecule has 146 valence electrons. The Labute approximate surface area is 161 Å². The molecule has 0 aromatic rings. The minimum atomic E-state index is -0.483. The first-order valence-corrected chi connectivity index (χ1v) is 9.50. The molecule has 0 heterocycles. The lowest BCUT2D eigenvalue weighted by atomic mass is 10.0. The summed E-state index contributed by atoms with van der Waals surface area (Å²) in [5.41, 5.74) is 3.83. The Bertz CT molecular complexity index is 794. The van der Waals surface area contributed by atoms with E-state index in [1.54, 1.807) is 0 Å². The van der Waals surface area contributed by atoms with Gasteiger partial charge in [-0.1, -0.05) is 37.6 Å². The van der Waals surface area contributed by atoms with Crippen LogP contribution in [0.1, 0.15) is 65.5 Å². The molecule has 2 aliphatic carbocycles. The highest BCUT2D eigenvalue weighted by Gasteiger charge is 2.34. The molecule has 0 spiro atoms. The van der Waals surface area contributed by atoms with Gasteiger partial charge in [0.05, 0.1) is 19.8 Å². The van der Waals surface area contributed by atoms with Crippen molar-refractivity contribution in [3.63, 3.8) is 0 Å². The molecule has 2 rings (SSSR count). The normalized spacial score (nSPS) is 10.7. The van der Waals surface area contributed by atoms with E-state index in [-0.39, 0.29) is 5.75 Å². The van der Waals surface area contributed by atoms with Crippen molar-refractivity contribution in [1.82, 2.24) is 0 Å². The second kappa shape index (κ2) is 9.40. The standard InChI is InChI=1S/C22H28O5/c1-6-11-26-21(23)18-16-10-9-14(4)13-15(5)17(16)19(20(18)25-8-3)22(24)27-12-7-2/h9-10,13H,6-8,11-12H2,1-5H3. The van der Waals surface area contributed by atoms with Crippen molar-refractivity contribution in [2.75, 3.05) is 19.8 Å². The maximum absolute atomic E-state index is 12.8. The van der Waals surface area contributed by atoms with Gasteiger partial charge in [-0.15, -0.1) is 0 Å². The SMILES string of the molecule is CCCOC(=O)c1c2ccc(C)cc(C)c-2c(C(=O)OCCC)c1OCC. The summed E-state index contributed by atoms with van der Waals surface area (Å²) in [4.78, 5) is 25.7. The summed E-state index contributed by atoms with van der Waals surface area (Å²) >= 11 is 0. The van der Waals surface area contributed by atoms with E-state index in [1.165, 1.54) is 0 Å². The number of carbonyl (C=O) groups excluding carboxylic acids is 2. The highest BCUT2D eigenvalue weighted by molar-refractivity contribution is 6.13. The average Bonchev–Trinajstić information content (AvgIpc) is 2.89.